The van der Waals surface area contributed by atoms with Crippen LogP contribution in [0.4, 0.5) is 0 Å². The molecule has 0 radical (unpaired) electrons. The molecule has 0 atom stereocenters. The molecule has 130 valence electrons. The summed E-state index contributed by atoms with van der Waals surface area (Å²) in [5, 5.41) is 0. The Labute approximate surface area is 141 Å². The number of allylic oxidation sites excluding steroid dienone is 4. The topological polar surface area (TPSA) is 160 Å². The highest BCUT2D eigenvalue weighted by molar-refractivity contribution is 7.91. The van der Waals surface area contributed by atoms with Crippen molar-refractivity contribution in [2.45, 2.75) is 11.3 Å². The second kappa shape index (κ2) is 5.26. The van der Waals surface area contributed by atoms with E-state index < -0.39 is 76.1 Å². The predicted molar refractivity (Wildman–Crippen MR) is 81.2 cm³/mol. The number of carbonyl (C=O) groups excluding carboxylic acids is 3. The highest BCUT2D eigenvalue weighted by Gasteiger charge is 2.43. The van der Waals surface area contributed by atoms with Crippen molar-refractivity contribution in [3.8, 4) is 0 Å². The maximum Gasteiger partial charge on any atom is 0.298 e. The van der Waals surface area contributed by atoms with Gasteiger partial charge < -0.3 is 0 Å². The molecule has 9 nitrogen and oxygen atoms in total. The summed E-state index contributed by atoms with van der Waals surface area (Å²) in [5.41, 5.74) is -2.43. The molecule has 0 aliphatic heterocycles. The Bertz CT molecular complexity index is 1150. The van der Waals surface area contributed by atoms with Crippen molar-refractivity contribution in [1.82, 2.24) is 0 Å². The standard InChI is InChI=1S/C14H8O9S2/c15-8-5-4-7-11(14(8)25(21,22)23)13(17)6-2-1-3-9(24(18,19)20)10(6)12(7)16/h1-4H,5H2,(H,18,19,20)(H,21,22,23). The van der Waals surface area contributed by atoms with Crippen molar-refractivity contribution in [1.29, 1.82) is 0 Å². The molecule has 3 rings (SSSR count). The van der Waals surface area contributed by atoms with Crippen LogP contribution in [0.2, 0.25) is 0 Å². The third-order valence-electron chi connectivity index (χ3n) is 3.75. The summed E-state index contributed by atoms with van der Waals surface area (Å²) in [6.45, 7) is 0. The van der Waals surface area contributed by atoms with E-state index in [4.69, 9.17) is 0 Å². The van der Waals surface area contributed by atoms with Crippen LogP contribution in [0.3, 0.4) is 0 Å². The molecule has 0 unspecified atom stereocenters. The lowest BCUT2D eigenvalue weighted by Crippen LogP contribution is -2.31. The van der Waals surface area contributed by atoms with E-state index >= 15 is 0 Å². The van der Waals surface area contributed by atoms with Crippen molar-refractivity contribution in [3.05, 3.63) is 51.5 Å². The van der Waals surface area contributed by atoms with E-state index in [1.165, 1.54) is 0 Å². The molecular formula is C14H8O9S2. The molecule has 2 N–H and O–H groups in total. The van der Waals surface area contributed by atoms with Gasteiger partial charge in [0.05, 0.1) is 11.1 Å². The number of carbonyl (C=O) groups is 3. The van der Waals surface area contributed by atoms with E-state index in [-0.39, 0.29) is 0 Å². The Balaban J connectivity index is 2.46. The minimum absolute atomic E-state index is 0.497. The Morgan fingerprint density at radius 1 is 0.880 bits per heavy atom. The first-order valence-corrected chi connectivity index (χ1v) is 9.48. The van der Waals surface area contributed by atoms with Crippen LogP contribution >= 0.6 is 0 Å². The molecule has 25 heavy (non-hydrogen) atoms. The fraction of sp³-hybridized carbons (Fsp3) is 0.0714. The Kier molecular flexibility index (Phi) is 3.65. The summed E-state index contributed by atoms with van der Waals surface area (Å²) in [5.74, 6) is -3.24. The van der Waals surface area contributed by atoms with E-state index in [1.54, 1.807) is 0 Å². The summed E-state index contributed by atoms with van der Waals surface area (Å²) in [6.07, 6.45) is 0.409. The maximum atomic E-state index is 12.6. The van der Waals surface area contributed by atoms with E-state index in [9.17, 15) is 40.3 Å². The molecule has 0 fully saturated rings. The van der Waals surface area contributed by atoms with Crippen LogP contribution in [-0.2, 0) is 25.0 Å². The monoisotopic (exact) mass is 384 g/mol. The van der Waals surface area contributed by atoms with Crippen molar-refractivity contribution in [2.24, 2.45) is 0 Å². The van der Waals surface area contributed by atoms with Gasteiger partial charge in [0.1, 0.15) is 9.80 Å². The summed E-state index contributed by atoms with van der Waals surface area (Å²) in [6, 6.07) is 3.03. The lowest BCUT2D eigenvalue weighted by molar-refractivity contribution is -0.114. The Morgan fingerprint density at radius 2 is 1.52 bits per heavy atom. The fourth-order valence-corrected chi connectivity index (χ4v) is 4.34. The zero-order valence-corrected chi connectivity index (χ0v) is 13.7. The van der Waals surface area contributed by atoms with Gasteiger partial charge in [-0.2, -0.15) is 16.8 Å². The van der Waals surface area contributed by atoms with Gasteiger partial charge in [-0.1, -0.05) is 18.2 Å². The number of Topliss-reactive ketones (excluding diaryl/α,β-unsaturated/α-hetero) is 3. The minimum Gasteiger partial charge on any atom is -0.293 e. The van der Waals surface area contributed by atoms with Gasteiger partial charge in [-0.15, -0.1) is 0 Å². The van der Waals surface area contributed by atoms with Crippen molar-refractivity contribution >= 4 is 37.6 Å². The molecule has 1 aromatic rings. The molecule has 0 bridgehead atoms. The minimum atomic E-state index is -5.09. The molecule has 2 aliphatic carbocycles. The number of hydrogen-bond acceptors (Lipinski definition) is 7. The second-order valence-electron chi connectivity index (χ2n) is 5.24. The lowest BCUT2D eigenvalue weighted by Gasteiger charge is -2.24. The lowest BCUT2D eigenvalue weighted by atomic mass is 9.79. The molecule has 11 heteroatoms. The van der Waals surface area contributed by atoms with Gasteiger partial charge in [-0.3, -0.25) is 23.5 Å². The molecule has 0 saturated heterocycles. The molecule has 2 aliphatic rings. The van der Waals surface area contributed by atoms with Gasteiger partial charge in [-0.25, -0.2) is 0 Å². The summed E-state index contributed by atoms with van der Waals surface area (Å²) in [7, 11) is -9.94. The van der Waals surface area contributed by atoms with Crippen LogP contribution in [0.15, 0.2) is 45.2 Å². The van der Waals surface area contributed by atoms with Gasteiger partial charge in [0.2, 0.25) is 0 Å². The number of ketones is 3. The molecule has 0 amide bonds. The van der Waals surface area contributed by atoms with Gasteiger partial charge >= 0.3 is 0 Å². The number of rotatable bonds is 2. The van der Waals surface area contributed by atoms with Crippen molar-refractivity contribution < 1.29 is 40.3 Å². The number of hydrogen-bond donors (Lipinski definition) is 2. The molecule has 0 aromatic heterocycles. The highest BCUT2D eigenvalue weighted by Crippen LogP contribution is 2.38. The Hall–Kier alpha value is -2.47. The van der Waals surface area contributed by atoms with Crippen molar-refractivity contribution in [2.75, 3.05) is 0 Å². The normalized spacial score (nSPS) is 18.0. The summed E-state index contributed by atoms with van der Waals surface area (Å²) < 4.78 is 64.4. The van der Waals surface area contributed by atoms with Crippen LogP contribution in [0.5, 0.6) is 0 Å². The Morgan fingerprint density at radius 3 is 2.08 bits per heavy atom. The average molecular weight is 384 g/mol. The van der Waals surface area contributed by atoms with E-state index in [0.29, 0.717) is 0 Å². The van der Waals surface area contributed by atoms with Crippen LogP contribution in [-0.4, -0.2) is 43.3 Å². The first kappa shape index (κ1) is 17.4. The van der Waals surface area contributed by atoms with Gasteiger partial charge in [0.25, 0.3) is 20.2 Å². The maximum absolute atomic E-state index is 12.6. The fourth-order valence-electron chi connectivity index (χ4n) is 2.79. The third kappa shape index (κ3) is 2.57. The second-order valence-corrected chi connectivity index (χ2v) is 7.98. The van der Waals surface area contributed by atoms with E-state index in [0.717, 1.165) is 24.3 Å². The first-order valence-electron chi connectivity index (χ1n) is 6.60. The summed E-state index contributed by atoms with van der Waals surface area (Å²) in [4.78, 5) is 35.1. The van der Waals surface area contributed by atoms with Gasteiger partial charge in [0, 0.05) is 17.6 Å². The van der Waals surface area contributed by atoms with E-state index in [1.807, 2.05) is 0 Å². The van der Waals surface area contributed by atoms with Crippen LogP contribution in [0.25, 0.3) is 0 Å². The molecule has 0 heterocycles. The summed E-state index contributed by atoms with van der Waals surface area (Å²) >= 11 is 0. The van der Waals surface area contributed by atoms with Crippen LogP contribution < -0.4 is 0 Å². The number of fused-ring (bicyclic) bond motifs is 2. The van der Waals surface area contributed by atoms with Crippen LogP contribution in [0, 0.1) is 0 Å². The highest BCUT2D eigenvalue weighted by atomic mass is 32.2. The number of benzene rings is 1. The smallest absolute Gasteiger partial charge is 0.293 e. The quantitative estimate of drug-likeness (QED) is 0.686. The molecule has 1 aromatic carbocycles. The van der Waals surface area contributed by atoms with Gasteiger partial charge in [-0.05, 0) is 6.07 Å². The zero-order valence-electron chi connectivity index (χ0n) is 12.1. The zero-order chi connectivity index (χ0) is 18.7. The largest absolute Gasteiger partial charge is 0.298 e. The third-order valence-corrected chi connectivity index (χ3v) is 5.59. The van der Waals surface area contributed by atoms with Crippen molar-refractivity contribution in [3.63, 3.8) is 0 Å². The van der Waals surface area contributed by atoms with E-state index in [2.05, 4.69) is 0 Å². The predicted octanol–water partition coefficient (Wildman–Crippen LogP) is 0.353. The molecule has 0 saturated carbocycles. The average Bonchev–Trinajstić information content (AvgIpc) is 2.49. The van der Waals surface area contributed by atoms with Gasteiger partial charge in [0.15, 0.2) is 17.3 Å². The SMILES string of the molecule is O=C1CC=C2C(=O)c3c(cccc3S(=O)(=O)O)C(=O)C2=C1S(=O)(=O)O. The van der Waals surface area contributed by atoms with Crippen LogP contribution in [0.1, 0.15) is 27.1 Å². The molecular weight excluding hydrogens is 376 g/mol. The molecule has 0 spiro atoms. The first-order chi connectivity index (χ1) is 11.4.